The number of fused-ring (bicyclic) bond motifs is 1. The predicted octanol–water partition coefficient (Wildman–Crippen LogP) is 1.77. The number of hydrogen-bond acceptors (Lipinski definition) is 3. The standard InChI is InChI=1S/C11H12N2O/c1-12-11-10-5-3-2-4-9(10)8(7-14)6-13-11/h2-6,14H,7H2,1H3,(H,12,13). The fraction of sp³-hybridized carbons (Fsp3) is 0.182. The topological polar surface area (TPSA) is 45.2 Å². The zero-order chi connectivity index (χ0) is 9.97. The first-order valence-corrected chi connectivity index (χ1v) is 4.52. The van der Waals surface area contributed by atoms with E-state index in [1.165, 1.54) is 0 Å². The molecule has 0 fully saturated rings. The van der Waals surface area contributed by atoms with Crippen molar-refractivity contribution in [3.8, 4) is 0 Å². The summed E-state index contributed by atoms with van der Waals surface area (Å²) in [4.78, 5) is 4.23. The van der Waals surface area contributed by atoms with Crippen LogP contribution >= 0.6 is 0 Å². The first-order chi connectivity index (χ1) is 6.86. The molecule has 0 radical (unpaired) electrons. The Kier molecular flexibility index (Phi) is 2.33. The van der Waals surface area contributed by atoms with Crippen LogP contribution in [-0.2, 0) is 6.61 Å². The fourth-order valence-electron chi connectivity index (χ4n) is 1.58. The van der Waals surface area contributed by atoms with Crippen LogP contribution in [0.3, 0.4) is 0 Å². The molecule has 0 aliphatic heterocycles. The van der Waals surface area contributed by atoms with Crippen molar-refractivity contribution in [2.75, 3.05) is 12.4 Å². The quantitative estimate of drug-likeness (QED) is 0.755. The second-order valence-electron chi connectivity index (χ2n) is 3.09. The molecule has 0 unspecified atom stereocenters. The minimum Gasteiger partial charge on any atom is -0.392 e. The number of hydrogen-bond donors (Lipinski definition) is 2. The van der Waals surface area contributed by atoms with Gasteiger partial charge in [0, 0.05) is 24.2 Å². The van der Waals surface area contributed by atoms with Gasteiger partial charge >= 0.3 is 0 Å². The maximum atomic E-state index is 9.14. The highest BCUT2D eigenvalue weighted by atomic mass is 16.3. The summed E-state index contributed by atoms with van der Waals surface area (Å²) in [5, 5.41) is 14.3. The van der Waals surface area contributed by atoms with Crippen molar-refractivity contribution in [1.29, 1.82) is 0 Å². The van der Waals surface area contributed by atoms with Gasteiger partial charge in [0.25, 0.3) is 0 Å². The minimum absolute atomic E-state index is 0.0253. The van der Waals surface area contributed by atoms with Crippen LogP contribution in [0.4, 0.5) is 5.82 Å². The molecule has 1 aromatic carbocycles. The molecule has 0 aliphatic carbocycles. The van der Waals surface area contributed by atoms with Gasteiger partial charge in [0.1, 0.15) is 5.82 Å². The summed E-state index contributed by atoms with van der Waals surface area (Å²) in [5.74, 6) is 0.845. The van der Waals surface area contributed by atoms with Gasteiger partial charge in [-0.15, -0.1) is 0 Å². The normalized spacial score (nSPS) is 10.4. The van der Waals surface area contributed by atoms with E-state index >= 15 is 0 Å². The van der Waals surface area contributed by atoms with Gasteiger partial charge in [-0.1, -0.05) is 24.3 Å². The second-order valence-corrected chi connectivity index (χ2v) is 3.09. The van der Waals surface area contributed by atoms with Gasteiger partial charge < -0.3 is 10.4 Å². The molecular formula is C11H12N2O. The highest BCUT2D eigenvalue weighted by Gasteiger charge is 2.04. The van der Waals surface area contributed by atoms with Crippen molar-refractivity contribution in [2.24, 2.45) is 0 Å². The summed E-state index contributed by atoms with van der Waals surface area (Å²) in [5.41, 5.74) is 0.861. The van der Waals surface area contributed by atoms with E-state index in [1.54, 1.807) is 6.20 Å². The van der Waals surface area contributed by atoms with E-state index in [0.29, 0.717) is 0 Å². The monoisotopic (exact) mass is 188 g/mol. The third kappa shape index (κ3) is 1.32. The Bertz CT molecular complexity index is 411. The molecule has 2 N–H and O–H groups in total. The van der Waals surface area contributed by atoms with Crippen LogP contribution in [0.1, 0.15) is 5.56 Å². The lowest BCUT2D eigenvalue weighted by Gasteiger charge is -2.07. The third-order valence-corrected chi connectivity index (χ3v) is 2.28. The van der Waals surface area contributed by atoms with Crippen molar-refractivity contribution in [2.45, 2.75) is 6.61 Å². The van der Waals surface area contributed by atoms with Gasteiger partial charge in [0.05, 0.1) is 6.61 Å². The first kappa shape index (κ1) is 8.97. The summed E-state index contributed by atoms with van der Waals surface area (Å²) in [6, 6.07) is 7.91. The van der Waals surface area contributed by atoms with Gasteiger partial charge in [-0.05, 0) is 5.39 Å². The number of nitrogens with one attached hydrogen (secondary N) is 1. The average Bonchev–Trinajstić information content (AvgIpc) is 2.27. The maximum Gasteiger partial charge on any atom is 0.133 e. The SMILES string of the molecule is CNc1ncc(CO)c2ccccc12. The van der Waals surface area contributed by atoms with E-state index in [9.17, 15) is 0 Å². The maximum absolute atomic E-state index is 9.14. The molecule has 0 bridgehead atoms. The summed E-state index contributed by atoms with van der Waals surface area (Å²) >= 11 is 0. The lowest BCUT2D eigenvalue weighted by Crippen LogP contribution is -1.96. The molecule has 14 heavy (non-hydrogen) atoms. The number of anilines is 1. The van der Waals surface area contributed by atoms with Crippen LogP contribution in [0.5, 0.6) is 0 Å². The van der Waals surface area contributed by atoms with Gasteiger partial charge in [-0.2, -0.15) is 0 Å². The second kappa shape index (κ2) is 3.64. The van der Waals surface area contributed by atoms with E-state index < -0.39 is 0 Å². The number of aliphatic hydroxyl groups is 1. The number of aliphatic hydroxyl groups excluding tert-OH is 1. The number of benzene rings is 1. The van der Waals surface area contributed by atoms with E-state index in [-0.39, 0.29) is 6.61 Å². The first-order valence-electron chi connectivity index (χ1n) is 4.52. The Hall–Kier alpha value is -1.61. The van der Waals surface area contributed by atoms with Crippen molar-refractivity contribution in [3.05, 3.63) is 36.0 Å². The van der Waals surface area contributed by atoms with Crippen LogP contribution in [0.2, 0.25) is 0 Å². The molecule has 0 atom stereocenters. The van der Waals surface area contributed by atoms with Gasteiger partial charge in [0.2, 0.25) is 0 Å². The fourth-order valence-corrected chi connectivity index (χ4v) is 1.58. The summed E-state index contributed by atoms with van der Waals surface area (Å²) in [6.07, 6.45) is 1.70. The Labute approximate surface area is 82.4 Å². The zero-order valence-electron chi connectivity index (χ0n) is 7.99. The molecule has 72 valence electrons. The Morgan fingerprint density at radius 3 is 2.64 bits per heavy atom. The largest absolute Gasteiger partial charge is 0.392 e. The Morgan fingerprint density at radius 2 is 2.00 bits per heavy atom. The molecular weight excluding hydrogens is 176 g/mol. The molecule has 0 saturated carbocycles. The van der Waals surface area contributed by atoms with Crippen molar-refractivity contribution in [1.82, 2.24) is 4.98 Å². The van der Waals surface area contributed by atoms with Gasteiger partial charge in [-0.25, -0.2) is 4.98 Å². The predicted molar refractivity (Wildman–Crippen MR) is 57.2 cm³/mol. The van der Waals surface area contributed by atoms with Gasteiger partial charge in [-0.3, -0.25) is 0 Å². The number of aromatic nitrogens is 1. The molecule has 0 saturated heterocycles. The lowest BCUT2D eigenvalue weighted by molar-refractivity contribution is 0.283. The highest BCUT2D eigenvalue weighted by Crippen LogP contribution is 2.23. The smallest absolute Gasteiger partial charge is 0.133 e. The van der Waals surface area contributed by atoms with Crippen LogP contribution in [0, 0.1) is 0 Å². The molecule has 3 nitrogen and oxygen atoms in total. The Morgan fingerprint density at radius 1 is 1.29 bits per heavy atom. The summed E-state index contributed by atoms with van der Waals surface area (Å²) < 4.78 is 0. The molecule has 3 heteroatoms. The number of rotatable bonds is 2. The molecule has 0 aliphatic rings. The summed E-state index contributed by atoms with van der Waals surface area (Å²) in [6.45, 7) is 0.0253. The average molecular weight is 188 g/mol. The molecule has 0 amide bonds. The third-order valence-electron chi connectivity index (χ3n) is 2.28. The van der Waals surface area contributed by atoms with E-state index in [1.807, 2.05) is 31.3 Å². The Balaban J connectivity index is 2.78. The molecule has 1 aromatic heterocycles. The van der Waals surface area contributed by atoms with Crippen LogP contribution in [-0.4, -0.2) is 17.1 Å². The van der Waals surface area contributed by atoms with Crippen LogP contribution in [0.15, 0.2) is 30.5 Å². The van der Waals surface area contributed by atoms with E-state index in [4.69, 9.17) is 5.11 Å². The van der Waals surface area contributed by atoms with E-state index in [2.05, 4.69) is 10.3 Å². The number of pyridine rings is 1. The van der Waals surface area contributed by atoms with E-state index in [0.717, 1.165) is 22.2 Å². The molecule has 2 aromatic rings. The number of nitrogens with zero attached hydrogens (tertiary/aromatic N) is 1. The van der Waals surface area contributed by atoms with Crippen molar-refractivity contribution in [3.63, 3.8) is 0 Å². The van der Waals surface area contributed by atoms with Crippen molar-refractivity contribution < 1.29 is 5.11 Å². The molecule has 2 rings (SSSR count). The summed E-state index contributed by atoms with van der Waals surface area (Å²) in [7, 11) is 1.84. The minimum atomic E-state index is 0.0253. The van der Waals surface area contributed by atoms with Gasteiger partial charge in [0.15, 0.2) is 0 Å². The molecule has 1 heterocycles. The highest BCUT2D eigenvalue weighted by molar-refractivity contribution is 5.93. The lowest BCUT2D eigenvalue weighted by atomic mass is 10.1. The molecule has 0 spiro atoms. The zero-order valence-corrected chi connectivity index (χ0v) is 7.99. The van der Waals surface area contributed by atoms with Crippen molar-refractivity contribution >= 4 is 16.6 Å². The van der Waals surface area contributed by atoms with Crippen LogP contribution < -0.4 is 5.32 Å². The van der Waals surface area contributed by atoms with Crippen LogP contribution in [0.25, 0.3) is 10.8 Å².